The summed E-state index contributed by atoms with van der Waals surface area (Å²) in [6, 6.07) is 3.82. The molecule has 0 saturated carbocycles. The summed E-state index contributed by atoms with van der Waals surface area (Å²) in [7, 11) is 0. The van der Waals surface area contributed by atoms with Crippen LogP contribution in [-0.4, -0.2) is 11.2 Å². The van der Waals surface area contributed by atoms with Gasteiger partial charge in [0.1, 0.15) is 0 Å². The molecule has 12 heavy (non-hydrogen) atoms. The lowest BCUT2D eigenvalue weighted by Gasteiger charge is -1.82. The van der Waals surface area contributed by atoms with Gasteiger partial charge in [-0.15, -0.1) is 23.1 Å². The van der Waals surface area contributed by atoms with Gasteiger partial charge in [-0.3, -0.25) is 10.1 Å². The Bertz CT molecular complexity index is 306. The monoisotopic (exact) mass is 201 g/mol. The number of hydrogen-bond donors (Lipinski definition) is 0. The van der Waals surface area contributed by atoms with Crippen molar-refractivity contribution in [1.82, 2.24) is 0 Å². The quantitative estimate of drug-likeness (QED) is 0.429. The highest BCUT2D eigenvalue weighted by molar-refractivity contribution is 8.00. The Balaban J connectivity index is 2.70. The summed E-state index contributed by atoms with van der Waals surface area (Å²) < 4.78 is 1.16. The van der Waals surface area contributed by atoms with Crippen molar-refractivity contribution in [1.29, 1.82) is 0 Å². The Hall–Kier alpha value is -0.810. The van der Waals surface area contributed by atoms with E-state index < -0.39 is 4.92 Å². The van der Waals surface area contributed by atoms with Gasteiger partial charge < -0.3 is 0 Å². The molecule has 0 radical (unpaired) electrons. The predicted octanol–water partition coefficient (Wildman–Crippen LogP) is 2.72. The highest BCUT2D eigenvalue weighted by atomic mass is 32.2. The highest BCUT2D eigenvalue weighted by Crippen LogP contribution is 2.25. The standard InChI is InChI=1S/C7H7NO2S2/c1-11-7-3-2-6(12-7)4-5-8(9)10/h2-5H,1H3/b5-4+. The minimum Gasteiger partial charge on any atom is -0.259 e. The third-order valence-electron chi connectivity index (χ3n) is 1.16. The van der Waals surface area contributed by atoms with Crippen LogP contribution in [0.4, 0.5) is 0 Å². The number of nitrogens with zero attached hydrogens (tertiary/aromatic N) is 1. The molecule has 0 N–H and O–H groups in total. The summed E-state index contributed by atoms with van der Waals surface area (Å²) in [5.41, 5.74) is 0. The Morgan fingerprint density at radius 2 is 2.42 bits per heavy atom. The molecule has 0 bridgehead atoms. The second-order valence-corrected chi connectivity index (χ2v) is 4.18. The minimum absolute atomic E-state index is 0.460. The summed E-state index contributed by atoms with van der Waals surface area (Å²) in [6.45, 7) is 0. The number of nitro groups is 1. The summed E-state index contributed by atoms with van der Waals surface area (Å²) in [5.74, 6) is 0. The molecule has 0 saturated heterocycles. The summed E-state index contributed by atoms with van der Waals surface area (Å²) in [5, 5.41) is 9.97. The first-order chi connectivity index (χ1) is 5.72. The van der Waals surface area contributed by atoms with Crippen LogP contribution >= 0.6 is 23.1 Å². The number of thiophene rings is 1. The van der Waals surface area contributed by atoms with Crippen molar-refractivity contribution in [3.63, 3.8) is 0 Å². The number of rotatable bonds is 3. The van der Waals surface area contributed by atoms with E-state index in [9.17, 15) is 10.1 Å². The van der Waals surface area contributed by atoms with Crippen LogP contribution in [0.15, 0.2) is 22.5 Å². The molecule has 0 amide bonds. The maximum absolute atomic E-state index is 9.97. The molecule has 1 heterocycles. The fourth-order valence-electron chi connectivity index (χ4n) is 0.668. The van der Waals surface area contributed by atoms with Crippen molar-refractivity contribution in [2.24, 2.45) is 0 Å². The summed E-state index contributed by atoms with van der Waals surface area (Å²) in [4.78, 5) is 10.4. The number of thioether (sulfide) groups is 1. The van der Waals surface area contributed by atoms with Gasteiger partial charge in [0, 0.05) is 11.0 Å². The third-order valence-corrected chi connectivity index (χ3v) is 3.30. The molecule has 0 aliphatic rings. The molecule has 0 atom stereocenters. The van der Waals surface area contributed by atoms with Crippen molar-refractivity contribution >= 4 is 29.2 Å². The molecule has 0 aliphatic carbocycles. The van der Waals surface area contributed by atoms with E-state index in [-0.39, 0.29) is 0 Å². The average molecular weight is 201 g/mol. The molecule has 3 nitrogen and oxygen atoms in total. The van der Waals surface area contributed by atoms with Gasteiger partial charge in [-0.05, 0) is 18.4 Å². The molecule has 1 aromatic rings. The van der Waals surface area contributed by atoms with Crippen molar-refractivity contribution in [3.8, 4) is 0 Å². The molecule has 5 heteroatoms. The fraction of sp³-hybridized carbons (Fsp3) is 0.143. The highest BCUT2D eigenvalue weighted by Gasteiger charge is 1.95. The van der Waals surface area contributed by atoms with Crippen LogP contribution in [0.5, 0.6) is 0 Å². The van der Waals surface area contributed by atoms with E-state index in [4.69, 9.17) is 0 Å². The van der Waals surface area contributed by atoms with Gasteiger partial charge in [-0.1, -0.05) is 0 Å². The van der Waals surface area contributed by atoms with Crippen molar-refractivity contribution in [2.75, 3.05) is 6.26 Å². The first kappa shape index (κ1) is 9.28. The van der Waals surface area contributed by atoms with Gasteiger partial charge in [-0.25, -0.2) is 0 Å². The first-order valence-corrected chi connectivity index (χ1v) is 5.22. The fourth-order valence-corrected chi connectivity index (χ4v) is 2.13. The second-order valence-electron chi connectivity index (χ2n) is 1.96. The van der Waals surface area contributed by atoms with Crippen molar-refractivity contribution < 1.29 is 4.92 Å². The lowest BCUT2D eigenvalue weighted by atomic mass is 10.4. The number of hydrogen-bond acceptors (Lipinski definition) is 4. The largest absolute Gasteiger partial charge is 0.259 e. The zero-order valence-corrected chi connectivity index (χ0v) is 8.02. The van der Waals surface area contributed by atoms with E-state index in [2.05, 4.69) is 0 Å². The zero-order valence-electron chi connectivity index (χ0n) is 6.39. The van der Waals surface area contributed by atoms with E-state index in [1.165, 1.54) is 6.08 Å². The lowest BCUT2D eigenvalue weighted by Crippen LogP contribution is -1.80. The molecular weight excluding hydrogens is 194 g/mol. The van der Waals surface area contributed by atoms with Crippen LogP contribution in [0.2, 0.25) is 0 Å². The van der Waals surface area contributed by atoms with E-state index >= 15 is 0 Å². The summed E-state index contributed by atoms with van der Waals surface area (Å²) in [6.07, 6.45) is 4.44. The molecule has 0 unspecified atom stereocenters. The van der Waals surface area contributed by atoms with Crippen LogP contribution in [0.1, 0.15) is 4.88 Å². The van der Waals surface area contributed by atoms with Gasteiger partial charge in [0.05, 0.1) is 9.13 Å². The smallest absolute Gasteiger partial charge is 0.235 e. The Labute approximate surface area is 78.3 Å². The Morgan fingerprint density at radius 1 is 1.67 bits per heavy atom. The SMILES string of the molecule is CSc1ccc(/C=C/[N+](=O)[O-])s1. The van der Waals surface area contributed by atoms with Gasteiger partial charge in [0.25, 0.3) is 0 Å². The van der Waals surface area contributed by atoms with Gasteiger partial charge >= 0.3 is 0 Å². The van der Waals surface area contributed by atoms with Gasteiger partial charge in [0.2, 0.25) is 6.20 Å². The van der Waals surface area contributed by atoms with Gasteiger partial charge in [-0.2, -0.15) is 0 Å². The Kier molecular flexibility index (Phi) is 3.31. The molecule has 0 fully saturated rings. The molecule has 1 aromatic heterocycles. The van der Waals surface area contributed by atoms with E-state index in [0.717, 1.165) is 15.3 Å². The van der Waals surface area contributed by atoms with Crippen molar-refractivity contribution in [2.45, 2.75) is 4.21 Å². The maximum Gasteiger partial charge on any atom is 0.235 e. The third kappa shape index (κ3) is 2.67. The zero-order chi connectivity index (χ0) is 8.97. The molecule has 0 aliphatic heterocycles. The molecule has 0 spiro atoms. The summed E-state index contributed by atoms with van der Waals surface area (Å²) >= 11 is 3.19. The predicted molar refractivity (Wildman–Crippen MR) is 52.1 cm³/mol. The Morgan fingerprint density at radius 3 is 2.92 bits per heavy atom. The van der Waals surface area contributed by atoms with Crippen molar-refractivity contribution in [3.05, 3.63) is 33.3 Å². The molecule has 0 aromatic carbocycles. The average Bonchev–Trinajstić information content (AvgIpc) is 2.48. The lowest BCUT2D eigenvalue weighted by molar-refractivity contribution is -0.400. The first-order valence-electron chi connectivity index (χ1n) is 3.18. The minimum atomic E-state index is -0.460. The van der Waals surface area contributed by atoms with E-state index in [0.29, 0.717) is 0 Å². The van der Waals surface area contributed by atoms with Crippen LogP contribution < -0.4 is 0 Å². The van der Waals surface area contributed by atoms with E-state index in [1.807, 2.05) is 18.4 Å². The van der Waals surface area contributed by atoms with Gasteiger partial charge in [0.15, 0.2) is 0 Å². The maximum atomic E-state index is 9.97. The molecule has 64 valence electrons. The van der Waals surface area contributed by atoms with Crippen LogP contribution in [0.25, 0.3) is 6.08 Å². The van der Waals surface area contributed by atoms with Crippen LogP contribution in [0.3, 0.4) is 0 Å². The van der Waals surface area contributed by atoms with E-state index in [1.54, 1.807) is 23.1 Å². The molecular formula is C7H7NO2S2. The second kappa shape index (κ2) is 4.27. The normalized spacial score (nSPS) is 10.8. The van der Waals surface area contributed by atoms with Crippen LogP contribution in [0, 0.1) is 10.1 Å². The van der Waals surface area contributed by atoms with Crippen LogP contribution in [-0.2, 0) is 0 Å². The molecule has 1 rings (SSSR count). The topological polar surface area (TPSA) is 43.1 Å².